The predicted molar refractivity (Wildman–Crippen MR) is 74.8 cm³/mol. The number of hydrogen-bond donors (Lipinski definition) is 1. The van der Waals surface area contributed by atoms with Crippen LogP contribution in [0.4, 0.5) is 0 Å². The van der Waals surface area contributed by atoms with Crippen molar-refractivity contribution in [1.29, 1.82) is 0 Å². The third kappa shape index (κ3) is 2.09. The summed E-state index contributed by atoms with van der Waals surface area (Å²) in [5.74, 6) is 0.569. The molecular weight excluding hydrogens is 254 g/mol. The molecule has 0 radical (unpaired) electrons. The van der Waals surface area contributed by atoms with Gasteiger partial charge in [-0.05, 0) is 25.0 Å². The molecule has 104 valence electrons. The van der Waals surface area contributed by atoms with Crippen LogP contribution in [-0.2, 0) is 9.59 Å². The zero-order chi connectivity index (χ0) is 14.3. The number of rotatable bonds is 2. The summed E-state index contributed by atoms with van der Waals surface area (Å²) in [5, 5.41) is 0. The summed E-state index contributed by atoms with van der Waals surface area (Å²) >= 11 is 0. The van der Waals surface area contributed by atoms with E-state index in [0.29, 0.717) is 18.7 Å². The Bertz CT molecular complexity index is 626. The molecule has 1 atom stereocenters. The molecule has 1 N–H and O–H groups in total. The van der Waals surface area contributed by atoms with Gasteiger partial charge in [-0.2, -0.15) is 0 Å². The molecule has 1 unspecified atom stereocenters. The molecule has 0 spiro atoms. The van der Waals surface area contributed by atoms with Gasteiger partial charge in [0.1, 0.15) is 5.82 Å². The minimum absolute atomic E-state index is 0.110. The van der Waals surface area contributed by atoms with Gasteiger partial charge in [0.2, 0.25) is 11.8 Å². The number of piperidine rings is 1. The molecule has 0 aliphatic carbocycles. The first kappa shape index (κ1) is 12.8. The first-order valence-corrected chi connectivity index (χ1v) is 6.86. The lowest BCUT2D eigenvalue weighted by Gasteiger charge is -2.32. The van der Waals surface area contributed by atoms with Crippen molar-refractivity contribution < 1.29 is 9.59 Å². The SMILES string of the molecule is CC1CC(=O)N(C(C)c2nc3ccccc3[nH]2)C(=O)C1. The largest absolute Gasteiger partial charge is 0.340 e. The number of H-pyrrole nitrogens is 1. The number of imidazole rings is 1. The molecule has 1 fully saturated rings. The molecule has 0 bridgehead atoms. The molecule has 1 aliphatic rings. The van der Waals surface area contributed by atoms with Crippen LogP contribution in [-0.4, -0.2) is 26.7 Å². The standard InChI is InChI=1S/C15H17N3O2/c1-9-7-13(19)18(14(20)8-9)10(2)15-16-11-5-3-4-6-12(11)17-15/h3-6,9-10H,7-8H2,1-2H3,(H,16,17). The Morgan fingerprint density at radius 2 is 1.90 bits per heavy atom. The molecule has 5 heteroatoms. The van der Waals surface area contributed by atoms with Crippen molar-refractivity contribution in [3.8, 4) is 0 Å². The van der Waals surface area contributed by atoms with E-state index in [1.54, 1.807) is 0 Å². The van der Waals surface area contributed by atoms with Gasteiger partial charge in [0.15, 0.2) is 0 Å². The van der Waals surface area contributed by atoms with Gasteiger partial charge in [-0.15, -0.1) is 0 Å². The number of nitrogens with one attached hydrogen (secondary N) is 1. The second-order valence-corrected chi connectivity index (χ2v) is 5.49. The summed E-state index contributed by atoms with van der Waals surface area (Å²) < 4.78 is 0. The van der Waals surface area contributed by atoms with Crippen molar-refractivity contribution in [3.05, 3.63) is 30.1 Å². The first-order chi connectivity index (χ1) is 9.56. The topological polar surface area (TPSA) is 66.1 Å². The van der Waals surface area contributed by atoms with Crippen molar-refractivity contribution in [3.63, 3.8) is 0 Å². The number of benzene rings is 1. The highest BCUT2D eigenvalue weighted by molar-refractivity contribution is 5.98. The lowest BCUT2D eigenvalue weighted by molar-refractivity contribution is -0.152. The Morgan fingerprint density at radius 3 is 2.55 bits per heavy atom. The van der Waals surface area contributed by atoms with E-state index in [2.05, 4.69) is 9.97 Å². The summed E-state index contributed by atoms with van der Waals surface area (Å²) in [5.41, 5.74) is 1.76. The van der Waals surface area contributed by atoms with E-state index in [1.807, 2.05) is 38.1 Å². The van der Waals surface area contributed by atoms with Crippen LogP contribution in [0.25, 0.3) is 11.0 Å². The van der Waals surface area contributed by atoms with Gasteiger partial charge in [-0.25, -0.2) is 4.98 Å². The number of amides is 2. The zero-order valence-corrected chi connectivity index (χ0v) is 11.6. The predicted octanol–water partition coefficient (Wildman–Crippen LogP) is 2.41. The Labute approximate surface area is 117 Å². The molecule has 1 saturated heterocycles. The average molecular weight is 271 g/mol. The number of carbonyl (C=O) groups is 2. The lowest BCUT2D eigenvalue weighted by Crippen LogP contribution is -2.44. The highest BCUT2D eigenvalue weighted by Gasteiger charge is 2.35. The highest BCUT2D eigenvalue weighted by Crippen LogP contribution is 2.28. The molecule has 2 aromatic rings. The van der Waals surface area contributed by atoms with Crippen molar-refractivity contribution >= 4 is 22.8 Å². The molecule has 3 rings (SSSR count). The van der Waals surface area contributed by atoms with Crippen molar-refractivity contribution in [2.45, 2.75) is 32.7 Å². The van der Waals surface area contributed by atoms with Gasteiger partial charge in [-0.1, -0.05) is 19.1 Å². The number of hydrogen-bond acceptors (Lipinski definition) is 3. The zero-order valence-electron chi connectivity index (χ0n) is 11.6. The molecule has 1 aromatic heterocycles. The molecule has 5 nitrogen and oxygen atoms in total. The van der Waals surface area contributed by atoms with E-state index in [-0.39, 0.29) is 23.8 Å². The number of para-hydroxylation sites is 2. The first-order valence-electron chi connectivity index (χ1n) is 6.86. The third-order valence-electron chi connectivity index (χ3n) is 3.77. The second-order valence-electron chi connectivity index (χ2n) is 5.49. The van der Waals surface area contributed by atoms with Gasteiger partial charge < -0.3 is 4.98 Å². The van der Waals surface area contributed by atoms with Gasteiger partial charge in [-0.3, -0.25) is 14.5 Å². The van der Waals surface area contributed by atoms with E-state index in [9.17, 15) is 9.59 Å². The molecular formula is C15H17N3O2. The third-order valence-corrected chi connectivity index (χ3v) is 3.77. The average Bonchev–Trinajstić information content (AvgIpc) is 2.81. The van der Waals surface area contributed by atoms with Crippen LogP contribution in [0.1, 0.15) is 38.6 Å². The van der Waals surface area contributed by atoms with Crippen molar-refractivity contribution in [2.75, 3.05) is 0 Å². The van der Waals surface area contributed by atoms with Crippen LogP contribution in [0, 0.1) is 5.92 Å². The number of fused-ring (bicyclic) bond motifs is 1. The maximum atomic E-state index is 12.1. The minimum Gasteiger partial charge on any atom is -0.340 e. The summed E-state index contributed by atoms with van der Waals surface area (Å²) in [6, 6.07) is 7.32. The van der Waals surface area contributed by atoms with E-state index >= 15 is 0 Å². The van der Waals surface area contributed by atoms with Gasteiger partial charge >= 0.3 is 0 Å². The maximum absolute atomic E-state index is 12.1. The summed E-state index contributed by atoms with van der Waals surface area (Å²) in [6.45, 7) is 3.77. The Balaban J connectivity index is 1.93. The van der Waals surface area contributed by atoms with Crippen LogP contribution >= 0.6 is 0 Å². The second kappa shape index (κ2) is 4.74. The Hall–Kier alpha value is -2.17. The van der Waals surface area contributed by atoms with E-state index < -0.39 is 0 Å². The number of aromatic amines is 1. The minimum atomic E-state index is -0.352. The van der Waals surface area contributed by atoms with Crippen LogP contribution in [0.5, 0.6) is 0 Å². The van der Waals surface area contributed by atoms with Gasteiger partial charge in [0, 0.05) is 12.8 Å². The smallest absolute Gasteiger partial charge is 0.230 e. The Kier molecular flexibility index (Phi) is 3.04. The quantitative estimate of drug-likeness (QED) is 0.853. The van der Waals surface area contributed by atoms with Crippen molar-refractivity contribution in [1.82, 2.24) is 14.9 Å². The number of nitrogens with zero attached hydrogens (tertiary/aromatic N) is 2. The fraction of sp³-hybridized carbons (Fsp3) is 0.400. The van der Waals surface area contributed by atoms with Crippen LogP contribution in [0.2, 0.25) is 0 Å². The summed E-state index contributed by atoms with van der Waals surface area (Å²) in [6.07, 6.45) is 0.854. The van der Waals surface area contributed by atoms with Crippen LogP contribution in [0.15, 0.2) is 24.3 Å². The number of aromatic nitrogens is 2. The van der Waals surface area contributed by atoms with E-state index in [0.717, 1.165) is 11.0 Å². The molecule has 2 heterocycles. The van der Waals surface area contributed by atoms with Crippen LogP contribution in [0.3, 0.4) is 0 Å². The maximum Gasteiger partial charge on any atom is 0.230 e. The Morgan fingerprint density at radius 1 is 1.25 bits per heavy atom. The van der Waals surface area contributed by atoms with Gasteiger partial charge in [0.05, 0.1) is 17.1 Å². The molecule has 0 saturated carbocycles. The lowest BCUT2D eigenvalue weighted by atomic mass is 9.96. The molecule has 2 amide bonds. The van der Waals surface area contributed by atoms with Crippen molar-refractivity contribution in [2.24, 2.45) is 5.92 Å². The number of imide groups is 1. The fourth-order valence-corrected chi connectivity index (χ4v) is 2.73. The summed E-state index contributed by atoms with van der Waals surface area (Å²) in [7, 11) is 0. The molecule has 20 heavy (non-hydrogen) atoms. The van der Waals surface area contributed by atoms with Gasteiger partial charge in [0.25, 0.3) is 0 Å². The number of carbonyl (C=O) groups excluding carboxylic acids is 2. The summed E-state index contributed by atoms with van der Waals surface area (Å²) in [4.78, 5) is 33.2. The number of likely N-dealkylation sites (tertiary alicyclic amines) is 1. The van der Waals surface area contributed by atoms with Crippen LogP contribution < -0.4 is 0 Å². The molecule has 1 aliphatic heterocycles. The highest BCUT2D eigenvalue weighted by atomic mass is 16.2. The fourth-order valence-electron chi connectivity index (χ4n) is 2.73. The normalized spacial score (nSPS) is 18.8. The van der Waals surface area contributed by atoms with E-state index in [1.165, 1.54) is 4.90 Å². The monoisotopic (exact) mass is 271 g/mol. The molecule has 1 aromatic carbocycles. The van der Waals surface area contributed by atoms with E-state index in [4.69, 9.17) is 0 Å².